The van der Waals surface area contributed by atoms with Crippen molar-refractivity contribution in [2.24, 2.45) is 4.99 Å². The molecule has 58 heavy (non-hydrogen) atoms. The molecule has 2 amide bonds. The summed E-state index contributed by atoms with van der Waals surface area (Å²) in [4.78, 5) is 43.4. The quantitative estimate of drug-likeness (QED) is 0.0593. The number of likely N-dealkylation sites (N-methyl/N-ethyl adjacent to an activating group) is 1. The van der Waals surface area contributed by atoms with E-state index in [0.29, 0.717) is 13.1 Å². The number of H-pyrrole nitrogens is 1. The molecule has 0 aliphatic carbocycles. The van der Waals surface area contributed by atoms with E-state index in [1.54, 1.807) is 6.20 Å². The van der Waals surface area contributed by atoms with Crippen LogP contribution < -0.4 is 16.0 Å². The first-order valence-corrected chi connectivity index (χ1v) is 20.7. The van der Waals surface area contributed by atoms with Crippen LogP contribution >= 0.6 is 0 Å². The summed E-state index contributed by atoms with van der Waals surface area (Å²) in [7, 11) is 1.88. The van der Waals surface area contributed by atoms with Gasteiger partial charge in [-0.1, -0.05) is 123 Å². The van der Waals surface area contributed by atoms with Gasteiger partial charge in [0.1, 0.15) is 24.1 Å². The van der Waals surface area contributed by atoms with Gasteiger partial charge < -0.3 is 30.7 Å². The Morgan fingerprint density at radius 2 is 1.45 bits per heavy atom. The third-order valence-electron chi connectivity index (χ3n) is 10.7. The summed E-state index contributed by atoms with van der Waals surface area (Å²) < 4.78 is 0. The fourth-order valence-electron chi connectivity index (χ4n) is 7.51. The van der Waals surface area contributed by atoms with Crippen LogP contribution in [0.5, 0.6) is 0 Å². The molecule has 10 nitrogen and oxygen atoms in total. The van der Waals surface area contributed by atoms with E-state index in [4.69, 9.17) is 0 Å². The lowest BCUT2D eigenvalue weighted by Crippen LogP contribution is -2.48. The van der Waals surface area contributed by atoms with Gasteiger partial charge >= 0.3 is 0 Å². The second-order valence-corrected chi connectivity index (χ2v) is 14.9. The lowest BCUT2D eigenvalue weighted by atomic mass is 10.0. The van der Waals surface area contributed by atoms with Gasteiger partial charge in [0.15, 0.2) is 0 Å². The predicted octanol–water partition coefficient (Wildman–Crippen LogP) is 8.15. The summed E-state index contributed by atoms with van der Waals surface area (Å²) in [6.07, 6.45) is 8.69. The van der Waals surface area contributed by atoms with Crippen molar-refractivity contribution in [3.05, 3.63) is 144 Å². The third-order valence-corrected chi connectivity index (χ3v) is 10.7. The maximum atomic E-state index is 14.0. The lowest BCUT2D eigenvalue weighted by Gasteiger charge is -2.31. The highest BCUT2D eigenvalue weighted by Gasteiger charge is 2.34. The average molecular weight is 779 g/mol. The molecule has 2 heterocycles. The summed E-state index contributed by atoms with van der Waals surface area (Å²) in [6.45, 7) is 10.8. The highest BCUT2D eigenvalue weighted by Crippen LogP contribution is 2.28. The molecule has 1 aliphatic rings. The summed E-state index contributed by atoms with van der Waals surface area (Å²) in [5.41, 5.74) is 7.98. The van der Waals surface area contributed by atoms with Gasteiger partial charge in [-0.25, -0.2) is 4.98 Å². The van der Waals surface area contributed by atoms with E-state index in [9.17, 15) is 9.59 Å². The topological polar surface area (TPSA) is 118 Å². The Morgan fingerprint density at radius 3 is 2.07 bits per heavy atom. The predicted molar refractivity (Wildman–Crippen MR) is 236 cm³/mol. The van der Waals surface area contributed by atoms with E-state index in [1.807, 2.05) is 83.7 Å². The molecule has 302 valence electrons. The minimum Gasteiger partial charge on any atom is -0.363 e. The van der Waals surface area contributed by atoms with Gasteiger partial charge in [0.05, 0.1) is 17.6 Å². The van der Waals surface area contributed by atoms with E-state index in [1.165, 1.54) is 0 Å². The minimum atomic E-state index is -0.392. The van der Waals surface area contributed by atoms with Gasteiger partial charge in [-0.15, -0.1) is 0 Å². The summed E-state index contributed by atoms with van der Waals surface area (Å²) in [6, 6.07) is 36.0. The number of likely N-dealkylation sites (tertiary alicyclic amines) is 1. The van der Waals surface area contributed by atoms with Crippen molar-refractivity contribution in [3.8, 4) is 22.4 Å². The molecule has 0 saturated carbocycles. The zero-order valence-electron chi connectivity index (χ0n) is 34.2. The largest absolute Gasteiger partial charge is 0.363 e. The number of aromatic nitrogens is 2. The van der Waals surface area contributed by atoms with E-state index in [0.717, 1.165) is 102 Å². The maximum Gasteiger partial charge on any atom is 0.245 e. The number of imidazole rings is 1. The molecule has 5 aromatic rings. The van der Waals surface area contributed by atoms with Crippen LogP contribution in [0, 0.1) is 0 Å². The normalized spacial score (nSPS) is 15.2. The second-order valence-electron chi connectivity index (χ2n) is 14.9. The molecule has 1 aromatic heterocycles. The summed E-state index contributed by atoms with van der Waals surface area (Å²) >= 11 is 0. The number of hydrogen-bond acceptors (Lipinski definition) is 7. The molecule has 1 saturated heterocycles. The number of nitrogens with one attached hydrogen (secondary N) is 4. The van der Waals surface area contributed by atoms with Crippen molar-refractivity contribution in [1.29, 1.82) is 0 Å². The Hall–Kier alpha value is -5.84. The molecule has 3 atom stereocenters. The SMILES string of the molecule is C=N/C=C(\NC1CCCN1C(=O)[C@H](NCCC)c1ccccc1)c1ccc(-c2ccc(-c3cnc(CCCN(C)C(=O)[C@H](NCCC)c4ccccc4)[nH]3)cc2)cc1. The van der Waals surface area contributed by atoms with Crippen molar-refractivity contribution >= 4 is 24.2 Å². The van der Waals surface area contributed by atoms with Gasteiger partial charge in [-0.3, -0.25) is 14.6 Å². The average Bonchev–Trinajstić information content (AvgIpc) is 3.95. The first kappa shape index (κ1) is 41.8. The molecule has 0 spiro atoms. The molecule has 0 bridgehead atoms. The monoisotopic (exact) mass is 778 g/mol. The number of aromatic amines is 1. The zero-order valence-corrected chi connectivity index (χ0v) is 34.2. The Morgan fingerprint density at radius 1 is 0.862 bits per heavy atom. The zero-order chi connectivity index (χ0) is 40.7. The van der Waals surface area contributed by atoms with Crippen LogP contribution in [0.15, 0.2) is 127 Å². The first-order valence-electron chi connectivity index (χ1n) is 20.7. The highest BCUT2D eigenvalue weighted by molar-refractivity contribution is 5.84. The maximum absolute atomic E-state index is 14.0. The molecular weight excluding hydrogens is 721 g/mol. The molecule has 4 N–H and O–H groups in total. The molecule has 6 rings (SSSR count). The highest BCUT2D eigenvalue weighted by atomic mass is 16.2. The molecule has 1 fully saturated rings. The fourth-order valence-corrected chi connectivity index (χ4v) is 7.51. The van der Waals surface area contributed by atoms with E-state index < -0.39 is 6.04 Å². The van der Waals surface area contributed by atoms with Crippen molar-refractivity contribution in [3.63, 3.8) is 0 Å². The van der Waals surface area contributed by atoms with Crippen molar-refractivity contribution < 1.29 is 9.59 Å². The minimum absolute atomic E-state index is 0.0776. The van der Waals surface area contributed by atoms with E-state index in [-0.39, 0.29) is 24.0 Å². The number of rotatable bonds is 20. The van der Waals surface area contributed by atoms with Crippen LogP contribution in [0.3, 0.4) is 0 Å². The van der Waals surface area contributed by atoms with Crippen molar-refractivity contribution in [2.45, 2.75) is 70.6 Å². The van der Waals surface area contributed by atoms with Crippen LogP contribution in [0.2, 0.25) is 0 Å². The standard InChI is InChI=1S/C48H58N8O2/c1-5-29-50-45(39-15-9-7-10-16-39)47(57)55(4)31-13-19-43-52-34-42(53-43)38-27-23-36(24-28-38)35-21-25-37(26-22-35)41(33-49-3)54-44-20-14-32-56(44)48(58)46(51-30-6-2)40-17-11-8-12-18-40/h7-12,15-18,21-28,33-34,44-46,50-51,54H,3,5-6,13-14,19-20,29-32H2,1-2,4H3,(H,52,53)/b41-33-/t44?,45-,46-/m1/s1. The number of hydrogen-bond donors (Lipinski definition) is 4. The number of carbonyl (C=O) groups is 2. The Balaban J connectivity index is 1.04. The van der Waals surface area contributed by atoms with Crippen LogP contribution in [-0.2, 0) is 16.0 Å². The lowest BCUT2D eigenvalue weighted by molar-refractivity contribution is -0.135. The van der Waals surface area contributed by atoms with Gasteiger partial charge in [0.2, 0.25) is 11.8 Å². The smallest absolute Gasteiger partial charge is 0.245 e. The number of nitrogens with zero attached hydrogens (tertiary/aromatic N) is 4. The van der Waals surface area contributed by atoms with Gasteiger partial charge in [0.25, 0.3) is 0 Å². The molecule has 4 aromatic carbocycles. The van der Waals surface area contributed by atoms with Crippen LogP contribution in [0.4, 0.5) is 0 Å². The van der Waals surface area contributed by atoms with E-state index >= 15 is 0 Å². The number of aryl methyl sites for hydroxylation is 1. The number of carbonyl (C=O) groups excluding carboxylic acids is 2. The summed E-state index contributed by atoms with van der Waals surface area (Å²) in [5, 5.41) is 10.5. The third kappa shape index (κ3) is 10.8. The Labute approximate surface area is 343 Å². The molecule has 10 heteroatoms. The van der Waals surface area contributed by atoms with Gasteiger partial charge in [0, 0.05) is 32.8 Å². The summed E-state index contributed by atoms with van der Waals surface area (Å²) in [5.74, 6) is 1.06. The Kier molecular flexibility index (Phi) is 15.2. The molecule has 1 aliphatic heterocycles. The number of amides is 2. The number of aliphatic imine (C=N–C) groups is 1. The Bertz CT molecular complexity index is 2080. The number of benzene rings is 4. The molecular formula is C48H58N8O2. The molecule has 1 unspecified atom stereocenters. The van der Waals surface area contributed by atoms with Crippen LogP contribution in [-0.4, -0.2) is 77.7 Å². The molecule has 0 radical (unpaired) electrons. The van der Waals surface area contributed by atoms with Gasteiger partial charge in [-0.05, 0) is 85.3 Å². The van der Waals surface area contributed by atoms with Crippen LogP contribution in [0.1, 0.15) is 80.6 Å². The van der Waals surface area contributed by atoms with Crippen molar-refractivity contribution in [2.75, 3.05) is 33.2 Å². The fraction of sp³-hybridized carbons (Fsp3) is 0.333. The van der Waals surface area contributed by atoms with Crippen LogP contribution in [0.25, 0.3) is 28.1 Å². The first-order chi connectivity index (χ1) is 28.4. The van der Waals surface area contributed by atoms with Gasteiger partial charge in [-0.2, -0.15) is 0 Å². The van der Waals surface area contributed by atoms with Crippen molar-refractivity contribution in [1.82, 2.24) is 35.7 Å². The second kappa shape index (κ2) is 21.1. The van der Waals surface area contributed by atoms with E-state index in [2.05, 4.69) is 100 Å².